The molecule has 6 nitrogen and oxygen atoms in total. The number of hydrogen-bond donors (Lipinski definition) is 1. The molecule has 1 rings (SSSR count). The van der Waals surface area contributed by atoms with Gasteiger partial charge in [0.2, 0.25) is 0 Å². The molecule has 12 heavy (non-hydrogen) atoms. The molecule has 1 N–H and O–H groups in total. The standard InChI is InChI=1S/C6H12N4O2/c1-3-5(2)9-4-7-8-6(9)10(11)12/h5,7H,3-4H2,1-2H3. The van der Waals surface area contributed by atoms with Gasteiger partial charge >= 0.3 is 5.96 Å². The molecule has 6 heteroatoms. The van der Waals surface area contributed by atoms with Crippen molar-refractivity contribution in [1.29, 1.82) is 0 Å². The molecule has 0 fully saturated rings. The quantitative estimate of drug-likeness (QED) is 0.477. The average Bonchev–Trinajstić information content (AvgIpc) is 2.50. The maximum absolute atomic E-state index is 10.4. The summed E-state index contributed by atoms with van der Waals surface area (Å²) in [6, 6.07) is 0.157. The van der Waals surface area contributed by atoms with E-state index in [-0.39, 0.29) is 12.0 Å². The predicted molar refractivity (Wildman–Crippen MR) is 44.0 cm³/mol. The highest BCUT2D eigenvalue weighted by Gasteiger charge is 2.31. The normalized spacial score (nSPS) is 18.5. The summed E-state index contributed by atoms with van der Waals surface area (Å²) in [4.78, 5) is 11.6. The minimum absolute atomic E-state index is 0.0793. The van der Waals surface area contributed by atoms with Gasteiger partial charge in [-0.3, -0.25) is 0 Å². The Morgan fingerprint density at radius 3 is 3.08 bits per heavy atom. The fourth-order valence-electron chi connectivity index (χ4n) is 1.04. The van der Waals surface area contributed by atoms with E-state index < -0.39 is 4.92 Å². The van der Waals surface area contributed by atoms with Gasteiger partial charge in [-0.1, -0.05) is 6.92 Å². The van der Waals surface area contributed by atoms with Gasteiger partial charge in [0.05, 0.1) is 6.04 Å². The lowest BCUT2D eigenvalue weighted by Gasteiger charge is -2.17. The zero-order valence-corrected chi connectivity index (χ0v) is 7.15. The van der Waals surface area contributed by atoms with Crippen molar-refractivity contribution < 1.29 is 4.92 Å². The smallest absolute Gasteiger partial charge is 0.390 e. The second kappa shape index (κ2) is 3.38. The highest BCUT2D eigenvalue weighted by Crippen LogP contribution is 2.07. The number of hydrogen-bond acceptors (Lipinski definition) is 5. The van der Waals surface area contributed by atoms with Crippen LogP contribution in [0.25, 0.3) is 0 Å². The molecular weight excluding hydrogens is 160 g/mol. The molecule has 0 saturated heterocycles. The minimum Gasteiger partial charge on any atom is -0.390 e. The fourth-order valence-corrected chi connectivity index (χ4v) is 1.04. The summed E-state index contributed by atoms with van der Waals surface area (Å²) in [5.74, 6) is -0.0793. The zero-order chi connectivity index (χ0) is 9.14. The second-order valence-electron chi connectivity index (χ2n) is 2.71. The Labute approximate surface area is 70.4 Å². The minimum atomic E-state index is -0.466. The van der Waals surface area contributed by atoms with Crippen LogP contribution in [0.2, 0.25) is 0 Å². The van der Waals surface area contributed by atoms with E-state index in [1.165, 1.54) is 0 Å². The molecule has 0 amide bonds. The van der Waals surface area contributed by atoms with Crippen molar-refractivity contribution in [3.05, 3.63) is 10.1 Å². The highest BCUT2D eigenvalue weighted by molar-refractivity contribution is 5.72. The number of guanidine groups is 1. The Balaban J connectivity index is 2.67. The SMILES string of the molecule is CCC(C)N1CNN=C1[N+](=O)[O-]. The Morgan fingerprint density at radius 2 is 2.58 bits per heavy atom. The van der Waals surface area contributed by atoms with Crippen molar-refractivity contribution >= 4 is 5.96 Å². The maximum Gasteiger partial charge on any atom is 0.451 e. The van der Waals surface area contributed by atoms with Gasteiger partial charge in [0, 0.05) is 5.10 Å². The first-order valence-electron chi connectivity index (χ1n) is 3.88. The zero-order valence-electron chi connectivity index (χ0n) is 7.15. The summed E-state index contributed by atoms with van der Waals surface area (Å²) >= 11 is 0. The summed E-state index contributed by atoms with van der Waals surface area (Å²) in [6.45, 7) is 4.36. The Morgan fingerprint density at radius 1 is 1.92 bits per heavy atom. The molecule has 68 valence electrons. The number of hydrazone groups is 1. The molecule has 1 atom stereocenters. The van der Waals surface area contributed by atoms with E-state index in [9.17, 15) is 10.1 Å². The molecule has 0 saturated carbocycles. The van der Waals surface area contributed by atoms with Gasteiger partial charge in [0.15, 0.2) is 6.67 Å². The van der Waals surface area contributed by atoms with Crippen molar-refractivity contribution in [2.45, 2.75) is 26.3 Å². The van der Waals surface area contributed by atoms with E-state index in [2.05, 4.69) is 10.5 Å². The van der Waals surface area contributed by atoms with Crippen molar-refractivity contribution in [3.63, 3.8) is 0 Å². The Bertz CT molecular complexity index is 216. The third kappa shape index (κ3) is 1.46. The van der Waals surface area contributed by atoms with Crippen LogP contribution < -0.4 is 5.43 Å². The van der Waals surface area contributed by atoms with Crippen LogP contribution in [0.3, 0.4) is 0 Å². The average molecular weight is 172 g/mol. The molecule has 0 radical (unpaired) electrons. The first-order chi connectivity index (χ1) is 5.66. The van der Waals surface area contributed by atoms with E-state index in [1.807, 2.05) is 13.8 Å². The molecule has 0 aliphatic carbocycles. The topological polar surface area (TPSA) is 70.8 Å². The van der Waals surface area contributed by atoms with Gasteiger partial charge in [-0.25, -0.2) is 10.3 Å². The van der Waals surface area contributed by atoms with Crippen LogP contribution in [0.1, 0.15) is 20.3 Å². The second-order valence-corrected chi connectivity index (χ2v) is 2.71. The first-order valence-corrected chi connectivity index (χ1v) is 3.88. The van der Waals surface area contributed by atoms with Crippen LogP contribution in [0.5, 0.6) is 0 Å². The molecule has 1 aliphatic rings. The predicted octanol–water partition coefficient (Wildman–Crippen LogP) is 0.195. The molecule has 0 bridgehead atoms. The largest absolute Gasteiger partial charge is 0.451 e. The Hall–Kier alpha value is -1.33. The summed E-state index contributed by atoms with van der Waals surface area (Å²) in [5.41, 5.74) is 2.59. The molecule has 1 unspecified atom stereocenters. The van der Waals surface area contributed by atoms with E-state index in [0.29, 0.717) is 6.67 Å². The van der Waals surface area contributed by atoms with E-state index in [1.54, 1.807) is 4.90 Å². The molecule has 1 heterocycles. The maximum atomic E-state index is 10.4. The first kappa shape index (κ1) is 8.76. The van der Waals surface area contributed by atoms with E-state index in [0.717, 1.165) is 6.42 Å². The van der Waals surface area contributed by atoms with Crippen LogP contribution in [-0.4, -0.2) is 28.5 Å². The summed E-state index contributed by atoms with van der Waals surface area (Å²) < 4.78 is 0. The fraction of sp³-hybridized carbons (Fsp3) is 0.833. The summed E-state index contributed by atoms with van der Waals surface area (Å²) in [5, 5.41) is 14.0. The van der Waals surface area contributed by atoms with Crippen LogP contribution >= 0.6 is 0 Å². The highest BCUT2D eigenvalue weighted by atomic mass is 16.6. The molecule has 0 spiro atoms. The van der Waals surface area contributed by atoms with Crippen LogP contribution in [-0.2, 0) is 0 Å². The van der Waals surface area contributed by atoms with Crippen molar-refractivity contribution in [3.8, 4) is 0 Å². The van der Waals surface area contributed by atoms with Crippen molar-refractivity contribution in [2.24, 2.45) is 5.10 Å². The lowest BCUT2D eigenvalue weighted by molar-refractivity contribution is -0.363. The van der Waals surface area contributed by atoms with E-state index in [4.69, 9.17) is 0 Å². The third-order valence-corrected chi connectivity index (χ3v) is 1.96. The summed E-state index contributed by atoms with van der Waals surface area (Å²) in [6.07, 6.45) is 0.870. The van der Waals surface area contributed by atoms with E-state index >= 15 is 0 Å². The van der Waals surface area contributed by atoms with Crippen molar-refractivity contribution in [1.82, 2.24) is 10.3 Å². The lowest BCUT2D eigenvalue weighted by Crippen LogP contribution is -2.40. The van der Waals surface area contributed by atoms with Gasteiger partial charge in [0.25, 0.3) is 0 Å². The van der Waals surface area contributed by atoms with Gasteiger partial charge in [-0.2, -0.15) is 0 Å². The monoisotopic (exact) mass is 172 g/mol. The number of nitrogens with one attached hydrogen (secondary N) is 1. The van der Waals surface area contributed by atoms with Gasteiger partial charge in [0.1, 0.15) is 0 Å². The number of rotatable bonds is 2. The Kier molecular flexibility index (Phi) is 2.47. The van der Waals surface area contributed by atoms with Crippen molar-refractivity contribution in [2.75, 3.05) is 6.67 Å². The molecule has 0 aromatic carbocycles. The molecule has 0 aromatic heterocycles. The molecule has 0 aromatic rings. The van der Waals surface area contributed by atoms with Gasteiger partial charge in [-0.05, 0) is 18.3 Å². The van der Waals surface area contributed by atoms with Gasteiger partial charge in [-0.15, -0.1) is 0 Å². The lowest BCUT2D eigenvalue weighted by atomic mass is 10.2. The summed E-state index contributed by atoms with van der Waals surface area (Å²) in [7, 11) is 0. The van der Waals surface area contributed by atoms with Crippen LogP contribution in [0.15, 0.2) is 5.10 Å². The number of nitro groups is 1. The third-order valence-electron chi connectivity index (χ3n) is 1.96. The number of nitrogens with zero attached hydrogens (tertiary/aromatic N) is 3. The molecule has 1 aliphatic heterocycles. The van der Waals surface area contributed by atoms with Gasteiger partial charge < -0.3 is 10.1 Å². The van der Waals surface area contributed by atoms with Crippen LogP contribution in [0, 0.1) is 10.1 Å². The van der Waals surface area contributed by atoms with Crippen LogP contribution in [0.4, 0.5) is 0 Å². The molecular formula is C6H12N4O2.